The molecule has 0 spiro atoms. The topological polar surface area (TPSA) is 55.0 Å². The molecule has 4 nitrogen and oxygen atoms in total. The second kappa shape index (κ2) is 4.97. The largest absolute Gasteiger partial charge is 0.399 e. The molecule has 98 valence electrons. The predicted molar refractivity (Wildman–Crippen MR) is 76.7 cm³/mol. The van der Waals surface area contributed by atoms with Crippen LogP contribution in [0, 0.1) is 0 Å². The van der Waals surface area contributed by atoms with Gasteiger partial charge >= 0.3 is 0 Å². The molecular formula is C15H18N4. The molecule has 0 saturated carbocycles. The molecule has 2 N–H and O–H groups in total. The van der Waals surface area contributed by atoms with Gasteiger partial charge in [-0.2, -0.15) is 0 Å². The summed E-state index contributed by atoms with van der Waals surface area (Å²) in [5.41, 5.74) is 8.63. The van der Waals surface area contributed by atoms with Gasteiger partial charge in [-0.3, -0.25) is 0 Å². The molecular weight excluding hydrogens is 236 g/mol. The highest BCUT2D eigenvalue weighted by atomic mass is 15.1. The summed E-state index contributed by atoms with van der Waals surface area (Å²) in [6.07, 6.45) is 3.03. The quantitative estimate of drug-likeness (QED) is 0.834. The average Bonchev–Trinajstić information content (AvgIpc) is 2.86. The van der Waals surface area contributed by atoms with Crippen LogP contribution in [0.1, 0.15) is 18.0 Å². The van der Waals surface area contributed by atoms with E-state index in [1.807, 2.05) is 36.5 Å². The standard InChI is InChI=1S/C15H18N4/c1-19-9-7-12(10-19)14-6-8-17-15(18-14)11-2-4-13(16)5-3-11/h2-6,8,12H,7,9-10,16H2,1H3. The molecule has 0 radical (unpaired) electrons. The lowest BCUT2D eigenvalue weighted by Gasteiger charge is -2.11. The van der Waals surface area contributed by atoms with Crippen molar-refractivity contribution in [3.05, 3.63) is 42.2 Å². The van der Waals surface area contributed by atoms with E-state index in [2.05, 4.69) is 16.9 Å². The summed E-state index contributed by atoms with van der Waals surface area (Å²) in [6, 6.07) is 9.73. The Labute approximate surface area is 113 Å². The van der Waals surface area contributed by atoms with Gasteiger partial charge in [-0.1, -0.05) is 0 Å². The zero-order valence-electron chi connectivity index (χ0n) is 11.1. The maximum atomic E-state index is 5.70. The van der Waals surface area contributed by atoms with Crippen LogP contribution in [0.4, 0.5) is 5.69 Å². The number of likely N-dealkylation sites (N-methyl/N-ethyl adjacent to an activating group) is 1. The molecule has 1 aliphatic rings. The molecule has 3 rings (SSSR count). The van der Waals surface area contributed by atoms with Crippen LogP contribution in [0.3, 0.4) is 0 Å². The monoisotopic (exact) mass is 254 g/mol. The number of hydrogen-bond acceptors (Lipinski definition) is 4. The van der Waals surface area contributed by atoms with Gasteiger partial charge in [0.25, 0.3) is 0 Å². The number of hydrogen-bond donors (Lipinski definition) is 1. The van der Waals surface area contributed by atoms with Crippen molar-refractivity contribution in [3.8, 4) is 11.4 Å². The summed E-state index contributed by atoms with van der Waals surface area (Å²) in [6.45, 7) is 2.23. The van der Waals surface area contributed by atoms with Gasteiger partial charge in [0.05, 0.1) is 0 Å². The third-order valence-electron chi connectivity index (χ3n) is 3.66. The van der Waals surface area contributed by atoms with Crippen molar-refractivity contribution in [2.75, 3.05) is 25.9 Å². The predicted octanol–water partition coefficient (Wildman–Crippen LogP) is 2.14. The highest BCUT2D eigenvalue weighted by Gasteiger charge is 2.22. The number of nitrogens with zero attached hydrogens (tertiary/aromatic N) is 3. The van der Waals surface area contributed by atoms with Crippen molar-refractivity contribution in [2.24, 2.45) is 0 Å². The fourth-order valence-electron chi connectivity index (χ4n) is 2.55. The summed E-state index contributed by atoms with van der Waals surface area (Å²) in [5.74, 6) is 1.31. The number of rotatable bonds is 2. The van der Waals surface area contributed by atoms with Crippen molar-refractivity contribution in [1.82, 2.24) is 14.9 Å². The maximum Gasteiger partial charge on any atom is 0.159 e. The molecule has 1 aliphatic heterocycles. The molecule has 1 unspecified atom stereocenters. The Morgan fingerprint density at radius 1 is 1.21 bits per heavy atom. The summed E-state index contributed by atoms with van der Waals surface area (Å²) in [5, 5.41) is 0. The summed E-state index contributed by atoms with van der Waals surface area (Å²) >= 11 is 0. The van der Waals surface area contributed by atoms with Crippen LogP contribution in [0.25, 0.3) is 11.4 Å². The lowest BCUT2D eigenvalue weighted by Crippen LogP contribution is -2.14. The van der Waals surface area contributed by atoms with Crippen molar-refractivity contribution >= 4 is 5.69 Å². The minimum atomic E-state index is 0.528. The first-order valence-corrected chi connectivity index (χ1v) is 6.60. The smallest absolute Gasteiger partial charge is 0.159 e. The molecule has 4 heteroatoms. The Morgan fingerprint density at radius 3 is 2.68 bits per heavy atom. The van der Waals surface area contributed by atoms with Crippen molar-refractivity contribution in [1.29, 1.82) is 0 Å². The van der Waals surface area contributed by atoms with Gasteiger partial charge in [0.2, 0.25) is 0 Å². The zero-order chi connectivity index (χ0) is 13.2. The van der Waals surface area contributed by atoms with Crippen molar-refractivity contribution in [2.45, 2.75) is 12.3 Å². The van der Waals surface area contributed by atoms with Gasteiger partial charge in [-0.15, -0.1) is 0 Å². The average molecular weight is 254 g/mol. The second-order valence-electron chi connectivity index (χ2n) is 5.17. The Hall–Kier alpha value is -1.94. The first-order chi connectivity index (χ1) is 9.22. The van der Waals surface area contributed by atoms with Gasteiger partial charge in [0, 0.05) is 35.6 Å². The lowest BCUT2D eigenvalue weighted by molar-refractivity contribution is 0.410. The van der Waals surface area contributed by atoms with Crippen LogP contribution in [0.2, 0.25) is 0 Å². The van der Waals surface area contributed by atoms with Gasteiger partial charge in [0.1, 0.15) is 0 Å². The second-order valence-corrected chi connectivity index (χ2v) is 5.17. The first-order valence-electron chi connectivity index (χ1n) is 6.60. The molecule has 1 aromatic heterocycles. The number of nitrogens with two attached hydrogens (primary N) is 1. The fourth-order valence-corrected chi connectivity index (χ4v) is 2.55. The van der Waals surface area contributed by atoms with Crippen molar-refractivity contribution < 1.29 is 0 Å². The van der Waals surface area contributed by atoms with E-state index < -0.39 is 0 Å². The summed E-state index contributed by atoms with van der Waals surface area (Å²) in [7, 11) is 2.15. The summed E-state index contributed by atoms with van der Waals surface area (Å²) in [4.78, 5) is 11.4. The molecule has 1 aromatic carbocycles. The Morgan fingerprint density at radius 2 is 2.00 bits per heavy atom. The highest BCUT2D eigenvalue weighted by Crippen LogP contribution is 2.26. The minimum Gasteiger partial charge on any atom is -0.399 e. The third-order valence-corrected chi connectivity index (χ3v) is 3.66. The Balaban J connectivity index is 1.89. The number of benzene rings is 1. The van der Waals surface area contributed by atoms with Crippen LogP contribution < -0.4 is 5.73 Å². The van der Waals surface area contributed by atoms with E-state index in [-0.39, 0.29) is 0 Å². The van der Waals surface area contributed by atoms with E-state index in [9.17, 15) is 0 Å². The van der Waals surface area contributed by atoms with Crippen LogP contribution >= 0.6 is 0 Å². The van der Waals surface area contributed by atoms with E-state index in [0.717, 1.165) is 35.9 Å². The third kappa shape index (κ3) is 2.58. The summed E-state index contributed by atoms with van der Waals surface area (Å²) < 4.78 is 0. The Kier molecular flexibility index (Phi) is 3.17. The van der Waals surface area contributed by atoms with Crippen LogP contribution in [-0.2, 0) is 0 Å². The number of likely N-dealkylation sites (tertiary alicyclic amines) is 1. The van der Waals surface area contributed by atoms with E-state index in [1.165, 1.54) is 6.42 Å². The maximum absolute atomic E-state index is 5.70. The molecule has 2 aromatic rings. The molecule has 0 bridgehead atoms. The molecule has 1 atom stereocenters. The van der Waals surface area contributed by atoms with Crippen LogP contribution in [0.15, 0.2) is 36.5 Å². The molecule has 2 heterocycles. The molecule has 19 heavy (non-hydrogen) atoms. The van der Waals surface area contributed by atoms with Gasteiger partial charge in [-0.05, 0) is 50.3 Å². The number of anilines is 1. The molecule has 1 fully saturated rings. The number of nitrogen functional groups attached to an aromatic ring is 1. The van der Waals surface area contributed by atoms with Gasteiger partial charge in [0.15, 0.2) is 5.82 Å². The van der Waals surface area contributed by atoms with E-state index in [4.69, 9.17) is 10.7 Å². The minimum absolute atomic E-state index is 0.528. The first kappa shape index (κ1) is 12.1. The van der Waals surface area contributed by atoms with Gasteiger partial charge in [-0.25, -0.2) is 9.97 Å². The van der Waals surface area contributed by atoms with E-state index in [0.29, 0.717) is 5.92 Å². The van der Waals surface area contributed by atoms with E-state index in [1.54, 1.807) is 0 Å². The normalized spacial score (nSPS) is 19.7. The van der Waals surface area contributed by atoms with Gasteiger partial charge < -0.3 is 10.6 Å². The van der Waals surface area contributed by atoms with E-state index >= 15 is 0 Å². The molecule has 0 amide bonds. The van der Waals surface area contributed by atoms with Crippen molar-refractivity contribution in [3.63, 3.8) is 0 Å². The Bertz CT molecular complexity index is 565. The van der Waals surface area contributed by atoms with Crippen LogP contribution in [-0.4, -0.2) is 35.0 Å². The lowest BCUT2D eigenvalue weighted by atomic mass is 10.0. The number of aromatic nitrogens is 2. The molecule has 1 saturated heterocycles. The highest BCUT2D eigenvalue weighted by molar-refractivity contribution is 5.58. The SMILES string of the molecule is CN1CCC(c2ccnc(-c3ccc(N)cc3)n2)C1. The molecule has 0 aliphatic carbocycles. The zero-order valence-corrected chi connectivity index (χ0v) is 11.1. The fraction of sp³-hybridized carbons (Fsp3) is 0.333. The van der Waals surface area contributed by atoms with Crippen LogP contribution in [0.5, 0.6) is 0 Å².